The van der Waals surface area contributed by atoms with E-state index in [2.05, 4.69) is 13.8 Å². The van der Waals surface area contributed by atoms with Gasteiger partial charge in [0.1, 0.15) is 12.7 Å². The summed E-state index contributed by atoms with van der Waals surface area (Å²) < 4.78 is 11.2. The summed E-state index contributed by atoms with van der Waals surface area (Å²) in [5, 5.41) is 18.7. The Morgan fingerprint density at radius 3 is 1.29 bits per heavy atom. The van der Waals surface area contributed by atoms with Crippen molar-refractivity contribution in [2.24, 2.45) is 0 Å². The fraction of sp³-hybridized carbons (Fsp3) is 0.943. The van der Waals surface area contributed by atoms with Crippen molar-refractivity contribution in [2.45, 2.75) is 174 Å². The van der Waals surface area contributed by atoms with Crippen molar-refractivity contribution in [1.82, 2.24) is 4.90 Å². The van der Waals surface area contributed by atoms with Gasteiger partial charge in [0, 0.05) is 32.5 Å². The van der Waals surface area contributed by atoms with Crippen LogP contribution in [0.15, 0.2) is 0 Å². The van der Waals surface area contributed by atoms with E-state index in [-0.39, 0.29) is 31.8 Å². The van der Waals surface area contributed by atoms with Gasteiger partial charge in [-0.05, 0) is 12.8 Å². The van der Waals surface area contributed by atoms with Crippen molar-refractivity contribution in [2.75, 3.05) is 39.5 Å². The van der Waals surface area contributed by atoms with Crippen LogP contribution in [0.3, 0.4) is 0 Å². The standard InChI is InChI=1S/C35H69NO6/c1-3-5-7-9-11-13-15-17-19-21-23-25-34(39)41-32-33(31-36(27-29-37)28-30-38)42-35(40)26-24-22-20-18-16-14-12-10-8-6-4-2/h33,37-38H,3-32H2,1-2H3. The first-order chi connectivity index (χ1) is 20.6. The van der Waals surface area contributed by atoms with Crippen molar-refractivity contribution >= 4 is 11.9 Å². The molecule has 0 saturated heterocycles. The average molecular weight is 600 g/mol. The van der Waals surface area contributed by atoms with Crippen LogP contribution < -0.4 is 0 Å². The maximum absolute atomic E-state index is 12.6. The molecule has 42 heavy (non-hydrogen) atoms. The number of carbonyl (C=O) groups excluding carboxylic acids is 2. The SMILES string of the molecule is CCCCCCCCCCCCCC(=O)OCC(CN(CCO)CCO)OC(=O)CCCCCCCCCCCCC. The van der Waals surface area contributed by atoms with Gasteiger partial charge >= 0.3 is 11.9 Å². The molecule has 0 bridgehead atoms. The van der Waals surface area contributed by atoms with Gasteiger partial charge in [0.25, 0.3) is 0 Å². The summed E-state index contributed by atoms with van der Waals surface area (Å²) in [4.78, 5) is 26.8. The zero-order valence-electron chi connectivity index (χ0n) is 27.8. The van der Waals surface area contributed by atoms with Gasteiger partial charge in [-0.25, -0.2) is 0 Å². The predicted molar refractivity (Wildman–Crippen MR) is 174 cm³/mol. The molecule has 0 spiro atoms. The minimum atomic E-state index is -0.607. The Balaban J connectivity index is 4.21. The first-order valence-electron chi connectivity index (χ1n) is 17.9. The Hall–Kier alpha value is -1.18. The Labute approximate surface area is 259 Å². The Kier molecular flexibility index (Phi) is 31.8. The van der Waals surface area contributed by atoms with E-state index in [1.54, 1.807) is 0 Å². The second kappa shape index (κ2) is 32.7. The predicted octanol–water partition coefficient (Wildman–Crippen LogP) is 8.13. The van der Waals surface area contributed by atoms with Crippen LogP contribution >= 0.6 is 0 Å². The third-order valence-electron chi connectivity index (χ3n) is 7.99. The Bertz CT molecular complexity index is 582. The lowest BCUT2D eigenvalue weighted by molar-refractivity contribution is -0.160. The van der Waals surface area contributed by atoms with Gasteiger partial charge in [-0.3, -0.25) is 14.5 Å². The molecule has 0 saturated carbocycles. The number of ether oxygens (including phenoxy) is 2. The largest absolute Gasteiger partial charge is 0.462 e. The molecular formula is C35H69NO6. The number of aliphatic hydroxyl groups is 2. The summed E-state index contributed by atoms with van der Waals surface area (Å²) in [6, 6.07) is 0. The highest BCUT2D eigenvalue weighted by Crippen LogP contribution is 2.14. The number of unbranched alkanes of at least 4 members (excludes halogenated alkanes) is 20. The summed E-state index contributed by atoms with van der Waals surface area (Å²) in [6.45, 7) is 5.42. The number of rotatable bonds is 33. The van der Waals surface area contributed by atoms with Crippen molar-refractivity contribution in [3.05, 3.63) is 0 Å². The van der Waals surface area contributed by atoms with E-state index in [9.17, 15) is 19.8 Å². The highest BCUT2D eigenvalue weighted by Gasteiger charge is 2.20. The lowest BCUT2D eigenvalue weighted by atomic mass is 10.1. The molecule has 1 atom stereocenters. The fourth-order valence-electron chi connectivity index (χ4n) is 5.36. The molecule has 7 nitrogen and oxygen atoms in total. The summed E-state index contributed by atoms with van der Waals surface area (Å²) in [5.74, 6) is -0.529. The van der Waals surface area contributed by atoms with E-state index in [4.69, 9.17) is 9.47 Å². The Morgan fingerprint density at radius 1 is 0.548 bits per heavy atom. The summed E-state index contributed by atoms with van der Waals surface area (Å²) in [6.07, 6.45) is 27.1. The van der Waals surface area contributed by atoms with Gasteiger partial charge in [0.15, 0.2) is 0 Å². The number of hydrogen-bond acceptors (Lipinski definition) is 7. The quantitative estimate of drug-likeness (QED) is 0.0581. The van der Waals surface area contributed by atoms with Gasteiger partial charge in [-0.15, -0.1) is 0 Å². The molecule has 0 aromatic heterocycles. The first-order valence-corrected chi connectivity index (χ1v) is 17.9. The van der Waals surface area contributed by atoms with E-state index in [0.29, 0.717) is 32.5 Å². The molecular weight excluding hydrogens is 530 g/mol. The highest BCUT2D eigenvalue weighted by atomic mass is 16.6. The van der Waals surface area contributed by atoms with Gasteiger partial charge in [0.2, 0.25) is 0 Å². The lowest BCUT2D eigenvalue weighted by Gasteiger charge is -2.26. The third kappa shape index (κ3) is 28.9. The molecule has 1 unspecified atom stereocenters. The van der Waals surface area contributed by atoms with E-state index in [0.717, 1.165) is 38.5 Å². The minimum Gasteiger partial charge on any atom is -0.462 e. The van der Waals surface area contributed by atoms with Crippen molar-refractivity contribution in [3.8, 4) is 0 Å². The van der Waals surface area contributed by atoms with Crippen molar-refractivity contribution in [3.63, 3.8) is 0 Å². The highest BCUT2D eigenvalue weighted by molar-refractivity contribution is 5.70. The Morgan fingerprint density at radius 2 is 0.905 bits per heavy atom. The number of esters is 2. The smallest absolute Gasteiger partial charge is 0.306 e. The molecule has 0 aliphatic carbocycles. The molecule has 0 aromatic rings. The van der Waals surface area contributed by atoms with Crippen molar-refractivity contribution < 1.29 is 29.3 Å². The maximum Gasteiger partial charge on any atom is 0.306 e. The van der Waals surface area contributed by atoms with Crippen LogP contribution in [-0.4, -0.2) is 72.6 Å². The molecule has 0 heterocycles. The molecule has 0 radical (unpaired) electrons. The van der Waals surface area contributed by atoms with E-state index in [1.807, 2.05) is 4.90 Å². The molecule has 2 N–H and O–H groups in total. The van der Waals surface area contributed by atoms with Crippen LogP contribution in [0.4, 0.5) is 0 Å². The molecule has 0 rings (SSSR count). The second-order valence-electron chi connectivity index (χ2n) is 12.1. The summed E-state index contributed by atoms with van der Waals surface area (Å²) in [7, 11) is 0. The molecule has 0 amide bonds. The van der Waals surface area contributed by atoms with Gasteiger partial charge in [-0.2, -0.15) is 0 Å². The number of nitrogens with zero attached hydrogens (tertiary/aromatic N) is 1. The van der Waals surface area contributed by atoms with Crippen molar-refractivity contribution in [1.29, 1.82) is 0 Å². The van der Waals surface area contributed by atoms with Crippen LogP contribution in [0, 0.1) is 0 Å². The summed E-state index contributed by atoms with van der Waals surface area (Å²) in [5.41, 5.74) is 0. The minimum absolute atomic E-state index is 0.00815. The monoisotopic (exact) mass is 600 g/mol. The molecule has 0 aromatic carbocycles. The van der Waals surface area contributed by atoms with E-state index in [1.165, 1.54) is 103 Å². The van der Waals surface area contributed by atoms with E-state index < -0.39 is 6.10 Å². The average Bonchev–Trinajstić information content (AvgIpc) is 2.97. The molecule has 0 aliphatic rings. The van der Waals surface area contributed by atoms with Crippen LogP contribution in [0.5, 0.6) is 0 Å². The van der Waals surface area contributed by atoms with Gasteiger partial charge < -0.3 is 19.7 Å². The van der Waals surface area contributed by atoms with Crippen LogP contribution in [-0.2, 0) is 19.1 Å². The van der Waals surface area contributed by atoms with Gasteiger partial charge in [-0.1, -0.05) is 142 Å². The van der Waals surface area contributed by atoms with Crippen LogP contribution in [0.2, 0.25) is 0 Å². The summed E-state index contributed by atoms with van der Waals surface area (Å²) >= 11 is 0. The molecule has 7 heteroatoms. The number of carbonyl (C=O) groups is 2. The van der Waals surface area contributed by atoms with Crippen LogP contribution in [0.1, 0.15) is 168 Å². The van der Waals surface area contributed by atoms with Gasteiger partial charge in [0.05, 0.1) is 13.2 Å². The molecule has 0 aliphatic heterocycles. The maximum atomic E-state index is 12.6. The third-order valence-corrected chi connectivity index (χ3v) is 7.99. The zero-order chi connectivity index (χ0) is 30.9. The fourth-order valence-corrected chi connectivity index (χ4v) is 5.36. The molecule has 250 valence electrons. The van der Waals surface area contributed by atoms with E-state index >= 15 is 0 Å². The molecule has 0 fully saturated rings. The number of hydrogen-bond donors (Lipinski definition) is 2. The lowest BCUT2D eigenvalue weighted by Crippen LogP contribution is -2.41. The first kappa shape index (κ1) is 40.8. The van der Waals surface area contributed by atoms with Crippen LogP contribution in [0.25, 0.3) is 0 Å². The number of aliphatic hydroxyl groups excluding tert-OH is 2. The normalized spacial score (nSPS) is 12.1. The zero-order valence-corrected chi connectivity index (χ0v) is 27.8. The second-order valence-corrected chi connectivity index (χ2v) is 12.1. The topological polar surface area (TPSA) is 96.3 Å².